The summed E-state index contributed by atoms with van der Waals surface area (Å²) in [6.07, 6.45) is 0. The maximum Gasteiger partial charge on any atom is 0.219 e. The lowest BCUT2D eigenvalue weighted by Crippen LogP contribution is -2.25. The summed E-state index contributed by atoms with van der Waals surface area (Å²) in [5.41, 5.74) is 2.10. The number of rotatable bonds is 3. The second kappa shape index (κ2) is 4.84. The Morgan fingerprint density at radius 3 is 2.33 bits per heavy atom. The van der Waals surface area contributed by atoms with E-state index >= 15 is 0 Å². The van der Waals surface area contributed by atoms with Crippen LogP contribution in [0.2, 0.25) is 0 Å². The third kappa shape index (κ3) is 3.52. The second-order valence-electron chi connectivity index (χ2n) is 4.37. The minimum Gasteiger partial charge on any atom is -0.212 e. The van der Waals surface area contributed by atoms with Gasteiger partial charge in [0, 0.05) is 6.54 Å². The molecule has 0 N–H and O–H groups in total. The lowest BCUT2D eigenvalue weighted by molar-refractivity contribution is 0.554. The first-order valence-corrected chi connectivity index (χ1v) is 8.06. The van der Waals surface area contributed by atoms with E-state index in [1.165, 1.54) is 4.31 Å². The highest BCUT2D eigenvalue weighted by Gasteiger charge is 2.47. The van der Waals surface area contributed by atoms with Gasteiger partial charge in [0.05, 0.1) is 6.04 Å². The Morgan fingerprint density at radius 1 is 1.28 bits per heavy atom. The average molecular weight is 329 g/mol. The number of sulfonamides is 1. The quantitative estimate of drug-likeness (QED) is 0.632. The Labute approximate surface area is 122 Å². The fourth-order valence-electron chi connectivity index (χ4n) is 1.78. The molecule has 7 heteroatoms. The molecule has 100 valence electrons. The Bertz CT molecular complexity index is 536. The van der Waals surface area contributed by atoms with Gasteiger partial charge in [-0.15, -0.1) is 0 Å². The monoisotopic (exact) mass is 327 g/mol. The van der Waals surface area contributed by atoms with Crippen LogP contribution in [0.15, 0.2) is 24.3 Å². The number of aryl methyl sites for hydroxylation is 1. The van der Waals surface area contributed by atoms with Crippen LogP contribution in [0.25, 0.3) is 0 Å². The lowest BCUT2D eigenvalue weighted by atomic mass is 10.1. The maximum atomic E-state index is 11.9. The molecule has 0 saturated carbocycles. The van der Waals surface area contributed by atoms with Gasteiger partial charge in [-0.3, -0.25) is 0 Å². The molecule has 0 radical (unpaired) electrons. The number of hydrogen-bond acceptors (Lipinski definition) is 2. The van der Waals surface area contributed by atoms with Crippen molar-refractivity contribution in [3.05, 3.63) is 35.4 Å². The van der Waals surface area contributed by atoms with E-state index in [2.05, 4.69) is 0 Å². The van der Waals surface area contributed by atoms with Crippen molar-refractivity contribution < 1.29 is 8.42 Å². The molecule has 0 aromatic heterocycles. The zero-order chi connectivity index (χ0) is 13.6. The van der Waals surface area contributed by atoms with Crippen LogP contribution >= 0.6 is 34.8 Å². The van der Waals surface area contributed by atoms with Gasteiger partial charge in [-0.1, -0.05) is 64.6 Å². The van der Waals surface area contributed by atoms with Crippen molar-refractivity contribution in [2.45, 2.75) is 16.8 Å². The van der Waals surface area contributed by atoms with Crippen molar-refractivity contribution >= 4 is 44.8 Å². The Balaban J connectivity index is 2.09. The second-order valence-corrected chi connectivity index (χ2v) is 8.81. The first kappa shape index (κ1) is 14.4. The molecule has 18 heavy (non-hydrogen) atoms. The zero-order valence-electron chi connectivity index (χ0n) is 9.61. The van der Waals surface area contributed by atoms with Crippen molar-refractivity contribution in [1.82, 2.24) is 4.31 Å². The molecular weight excluding hydrogens is 317 g/mol. The Hall–Kier alpha value is -0.000000000000000167. The summed E-state index contributed by atoms with van der Waals surface area (Å²) >= 11 is 16.6. The molecule has 1 saturated heterocycles. The molecule has 1 heterocycles. The molecular formula is C11H12Cl3NO2S. The largest absolute Gasteiger partial charge is 0.219 e. The highest BCUT2D eigenvalue weighted by Crippen LogP contribution is 2.40. The van der Waals surface area contributed by atoms with Crippen LogP contribution < -0.4 is 0 Å². The zero-order valence-corrected chi connectivity index (χ0v) is 12.7. The number of halogens is 3. The molecule has 2 rings (SSSR count). The van der Waals surface area contributed by atoms with Gasteiger partial charge in [-0.05, 0) is 12.5 Å². The fraction of sp³-hybridized carbons (Fsp3) is 0.455. The summed E-state index contributed by atoms with van der Waals surface area (Å²) in [6, 6.07) is 7.62. The van der Waals surface area contributed by atoms with Crippen molar-refractivity contribution in [2.24, 2.45) is 0 Å². The third-order valence-electron chi connectivity index (χ3n) is 2.73. The molecule has 1 aliphatic heterocycles. The molecule has 0 amide bonds. The van der Waals surface area contributed by atoms with E-state index in [-0.39, 0.29) is 6.04 Å². The lowest BCUT2D eigenvalue weighted by Gasteiger charge is -2.12. The van der Waals surface area contributed by atoms with Gasteiger partial charge >= 0.3 is 0 Å². The van der Waals surface area contributed by atoms with Crippen LogP contribution in [0.3, 0.4) is 0 Å². The SMILES string of the molecule is Cc1ccc(C2CN2S(=O)(=O)CC(Cl)(Cl)Cl)cc1. The first-order chi connectivity index (χ1) is 8.19. The fourth-order valence-corrected chi connectivity index (χ4v) is 4.48. The standard InChI is InChI=1S/C11H12Cl3NO2S/c1-8-2-4-9(5-3-8)10-6-15(10)18(16,17)7-11(12,13)14/h2-5,10H,6-7H2,1H3. The van der Waals surface area contributed by atoms with Crippen LogP contribution in [0.1, 0.15) is 17.2 Å². The van der Waals surface area contributed by atoms with Crippen molar-refractivity contribution in [3.8, 4) is 0 Å². The highest BCUT2D eigenvalue weighted by molar-refractivity contribution is 7.89. The topological polar surface area (TPSA) is 37.1 Å². The Kier molecular flexibility index (Phi) is 3.87. The van der Waals surface area contributed by atoms with E-state index < -0.39 is 19.6 Å². The maximum absolute atomic E-state index is 11.9. The van der Waals surface area contributed by atoms with Crippen molar-refractivity contribution in [3.63, 3.8) is 0 Å². The first-order valence-electron chi connectivity index (χ1n) is 5.32. The van der Waals surface area contributed by atoms with Gasteiger partial charge in [0.25, 0.3) is 0 Å². The number of benzene rings is 1. The van der Waals surface area contributed by atoms with E-state index in [9.17, 15) is 8.42 Å². The van der Waals surface area contributed by atoms with Gasteiger partial charge in [0.15, 0.2) is 0 Å². The number of hydrogen-bond donors (Lipinski definition) is 0. The molecule has 1 aromatic rings. The van der Waals surface area contributed by atoms with Crippen LogP contribution in [0, 0.1) is 6.92 Å². The van der Waals surface area contributed by atoms with Gasteiger partial charge < -0.3 is 0 Å². The minimum atomic E-state index is -3.51. The van der Waals surface area contributed by atoms with E-state index in [0.717, 1.165) is 11.1 Å². The van der Waals surface area contributed by atoms with Gasteiger partial charge in [-0.25, -0.2) is 8.42 Å². The smallest absolute Gasteiger partial charge is 0.212 e. The molecule has 0 bridgehead atoms. The van der Waals surface area contributed by atoms with Crippen LogP contribution in [-0.4, -0.2) is 28.8 Å². The normalized spacial score (nSPS) is 24.0. The van der Waals surface area contributed by atoms with E-state index in [4.69, 9.17) is 34.8 Å². The number of nitrogens with zero attached hydrogens (tertiary/aromatic N) is 1. The summed E-state index contributed by atoms with van der Waals surface area (Å²) in [5.74, 6) is -0.493. The predicted octanol–water partition coefficient (Wildman–Crippen LogP) is 3.05. The predicted molar refractivity (Wildman–Crippen MR) is 74.7 cm³/mol. The van der Waals surface area contributed by atoms with E-state index in [0.29, 0.717) is 6.54 Å². The summed E-state index contributed by atoms with van der Waals surface area (Å²) in [6.45, 7) is 2.43. The molecule has 2 unspecified atom stereocenters. The summed E-state index contributed by atoms with van der Waals surface area (Å²) < 4.78 is 23.4. The van der Waals surface area contributed by atoms with Crippen LogP contribution in [0.4, 0.5) is 0 Å². The van der Waals surface area contributed by atoms with E-state index in [1.54, 1.807) is 0 Å². The Morgan fingerprint density at radius 2 is 1.83 bits per heavy atom. The van der Waals surface area contributed by atoms with Crippen LogP contribution in [0.5, 0.6) is 0 Å². The molecule has 0 aliphatic carbocycles. The summed E-state index contributed by atoms with van der Waals surface area (Å²) in [4.78, 5) is 0. The molecule has 1 aliphatic rings. The van der Waals surface area contributed by atoms with Gasteiger partial charge in [0.2, 0.25) is 13.8 Å². The van der Waals surface area contributed by atoms with Crippen molar-refractivity contribution in [1.29, 1.82) is 0 Å². The highest BCUT2D eigenvalue weighted by atomic mass is 35.6. The van der Waals surface area contributed by atoms with Crippen LogP contribution in [-0.2, 0) is 10.0 Å². The summed E-state index contributed by atoms with van der Waals surface area (Å²) in [5, 5.41) is 0. The third-order valence-corrected chi connectivity index (χ3v) is 5.52. The molecule has 1 fully saturated rings. The van der Waals surface area contributed by atoms with Gasteiger partial charge in [-0.2, -0.15) is 4.31 Å². The number of alkyl halides is 3. The summed E-state index contributed by atoms with van der Waals surface area (Å²) in [7, 11) is -3.51. The molecule has 1 aromatic carbocycles. The molecule has 2 atom stereocenters. The minimum absolute atomic E-state index is 0.122. The van der Waals surface area contributed by atoms with Gasteiger partial charge in [0.1, 0.15) is 5.75 Å². The van der Waals surface area contributed by atoms with Crippen molar-refractivity contribution in [2.75, 3.05) is 12.3 Å². The average Bonchev–Trinajstić information content (AvgIpc) is 2.95. The molecule has 0 spiro atoms. The van der Waals surface area contributed by atoms with E-state index in [1.807, 2.05) is 31.2 Å². The molecule has 3 nitrogen and oxygen atoms in total.